The number of hydrogen-bond acceptors (Lipinski definition) is 4. The van der Waals surface area contributed by atoms with Crippen LogP contribution in [0.3, 0.4) is 0 Å². The van der Waals surface area contributed by atoms with E-state index in [1.165, 1.54) is 24.3 Å². The zero-order valence-corrected chi connectivity index (χ0v) is 23.7. The number of nitrogens with zero attached hydrogens (tertiary/aromatic N) is 1. The Hall–Kier alpha value is -3.59. The number of benzene rings is 4. The van der Waals surface area contributed by atoms with Crippen LogP contribution in [0.25, 0.3) is 11.1 Å². The first-order valence-corrected chi connectivity index (χ1v) is 15.2. The minimum Gasteiger partial charge on any atom is -0.508 e. The smallest absolute Gasteiger partial charge is 0.356 e. The van der Waals surface area contributed by atoms with Crippen molar-refractivity contribution in [2.24, 2.45) is 0 Å². The van der Waals surface area contributed by atoms with Crippen molar-refractivity contribution in [3.05, 3.63) is 114 Å². The van der Waals surface area contributed by atoms with Crippen LogP contribution in [0.5, 0.6) is 5.75 Å². The molecule has 1 fully saturated rings. The van der Waals surface area contributed by atoms with Gasteiger partial charge in [0.05, 0.1) is 23.5 Å². The van der Waals surface area contributed by atoms with E-state index in [0.717, 1.165) is 5.69 Å². The number of aromatic hydroxyl groups is 1. The molecule has 1 aliphatic rings. The Bertz CT molecular complexity index is 1560. The van der Waals surface area contributed by atoms with E-state index < -0.39 is 13.7 Å². The Labute approximate surface area is 243 Å². The fourth-order valence-electron chi connectivity index (χ4n) is 5.27. The van der Waals surface area contributed by atoms with Crippen LogP contribution in [-0.2, 0) is 4.57 Å². The van der Waals surface area contributed by atoms with E-state index in [4.69, 9.17) is 12.2 Å². The number of anilines is 1. The number of phenols is 1. The molecule has 4 aromatic carbocycles. The molecule has 10 heteroatoms. The number of thiocarbonyl (C=S) groups is 1. The highest BCUT2D eigenvalue weighted by Crippen LogP contribution is 2.41. The summed E-state index contributed by atoms with van der Waals surface area (Å²) in [5, 5.41) is 25.8. The van der Waals surface area contributed by atoms with Crippen LogP contribution in [0.1, 0.15) is 42.5 Å². The van der Waals surface area contributed by atoms with Crippen LogP contribution in [-0.4, -0.2) is 31.2 Å². The Kier molecular flexibility index (Phi) is 8.54. The first kappa shape index (κ1) is 28.9. The molecule has 4 aromatic rings. The number of halogens is 1. The molecule has 0 aliphatic carbocycles. The van der Waals surface area contributed by atoms with Crippen LogP contribution < -0.4 is 15.5 Å². The van der Waals surface area contributed by atoms with Gasteiger partial charge in [0.15, 0.2) is 5.11 Å². The van der Waals surface area contributed by atoms with Crippen molar-refractivity contribution < 1.29 is 29.0 Å². The summed E-state index contributed by atoms with van der Waals surface area (Å²) in [6, 6.07) is 26.4. The van der Waals surface area contributed by atoms with Gasteiger partial charge in [0, 0.05) is 11.3 Å². The molecule has 1 aliphatic heterocycles. The lowest BCUT2D eigenvalue weighted by Crippen LogP contribution is -2.29. The highest BCUT2D eigenvalue weighted by molar-refractivity contribution is 7.80. The number of para-hydroxylation sites is 1. The van der Waals surface area contributed by atoms with E-state index in [2.05, 4.69) is 5.32 Å². The number of rotatable bonds is 9. The van der Waals surface area contributed by atoms with Gasteiger partial charge in [-0.2, -0.15) is 0 Å². The quantitative estimate of drug-likeness (QED) is 0.124. The van der Waals surface area contributed by atoms with Crippen LogP contribution in [0.4, 0.5) is 10.1 Å². The minimum absolute atomic E-state index is 0.0651. The average Bonchev–Trinajstić information content (AvgIpc) is 3.28. The molecule has 0 radical (unpaired) electrons. The first-order valence-electron chi connectivity index (χ1n) is 13.2. The lowest BCUT2D eigenvalue weighted by molar-refractivity contribution is 0.162. The maximum atomic E-state index is 13.3. The third kappa shape index (κ3) is 6.50. The molecule has 0 aromatic heterocycles. The van der Waals surface area contributed by atoms with Crippen molar-refractivity contribution in [1.82, 2.24) is 5.32 Å². The number of phenolic OH excluding ortho intramolecular Hbond substituents is 1. The Morgan fingerprint density at radius 2 is 1.59 bits per heavy atom. The zero-order valence-electron chi connectivity index (χ0n) is 22.0. The molecule has 7 nitrogen and oxygen atoms in total. The van der Waals surface area contributed by atoms with Gasteiger partial charge in [0.2, 0.25) is 0 Å². The van der Waals surface area contributed by atoms with E-state index in [0.29, 0.717) is 46.6 Å². The molecule has 5 N–H and O–H groups in total. The van der Waals surface area contributed by atoms with Gasteiger partial charge in [0.25, 0.3) is 0 Å². The first-order chi connectivity index (χ1) is 19.6. The third-order valence-corrected chi connectivity index (χ3v) is 8.64. The zero-order chi connectivity index (χ0) is 29.1. The van der Waals surface area contributed by atoms with Crippen molar-refractivity contribution in [2.45, 2.75) is 37.5 Å². The lowest BCUT2D eigenvalue weighted by atomic mass is 9.92. The number of aliphatic hydroxyl groups is 1. The second-order valence-electron chi connectivity index (χ2n) is 10.1. The van der Waals surface area contributed by atoms with E-state index >= 15 is 0 Å². The summed E-state index contributed by atoms with van der Waals surface area (Å²) in [4.78, 5) is 20.8. The van der Waals surface area contributed by atoms with Gasteiger partial charge in [-0.3, -0.25) is 4.57 Å². The number of hydrogen-bond donors (Lipinski definition) is 5. The maximum absolute atomic E-state index is 13.3. The number of nitrogens with one attached hydrogen (secondary N) is 1. The summed E-state index contributed by atoms with van der Waals surface area (Å²) in [6.45, 7) is 0. The normalized spacial score (nSPS) is 17.9. The Balaban J connectivity index is 1.40. The Morgan fingerprint density at radius 3 is 2.22 bits per heavy atom. The highest BCUT2D eigenvalue weighted by Gasteiger charge is 2.40. The molecule has 1 saturated heterocycles. The lowest BCUT2D eigenvalue weighted by Gasteiger charge is -2.29. The van der Waals surface area contributed by atoms with Crippen molar-refractivity contribution in [2.75, 3.05) is 4.90 Å². The van der Waals surface area contributed by atoms with Crippen molar-refractivity contribution >= 4 is 35.9 Å². The largest absolute Gasteiger partial charge is 0.508 e. The summed E-state index contributed by atoms with van der Waals surface area (Å²) >= 11 is 5.74. The second-order valence-corrected chi connectivity index (χ2v) is 12.1. The van der Waals surface area contributed by atoms with Gasteiger partial charge in [-0.25, -0.2) is 4.39 Å². The van der Waals surface area contributed by atoms with Crippen LogP contribution in [0, 0.1) is 5.82 Å². The van der Waals surface area contributed by atoms with E-state index in [1.807, 2.05) is 47.4 Å². The molecule has 3 atom stereocenters. The summed E-state index contributed by atoms with van der Waals surface area (Å²) in [5.41, 5.74) is 3.60. The monoisotopic (exact) mass is 592 g/mol. The van der Waals surface area contributed by atoms with Crippen LogP contribution in [0.2, 0.25) is 0 Å². The molecule has 212 valence electrons. The molecule has 41 heavy (non-hydrogen) atoms. The maximum Gasteiger partial charge on any atom is 0.356 e. The van der Waals surface area contributed by atoms with Crippen molar-refractivity contribution in [3.63, 3.8) is 0 Å². The van der Waals surface area contributed by atoms with Crippen LogP contribution in [0.15, 0.2) is 97.1 Å². The molecule has 0 unspecified atom stereocenters. The molecule has 1 heterocycles. The van der Waals surface area contributed by atoms with Crippen molar-refractivity contribution in [1.29, 1.82) is 0 Å². The third-order valence-electron chi connectivity index (χ3n) is 7.35. The predicted molar refractivity (Wildman–Crippen MR) is 162 cm³/mol. The molecular formula is C31H30FN2O5PS. The van der Waals surface area contributed by atoms with Gasteiger partial charge < -0.3 is 30.2 Å². The Morgan fingerprint density at radius 1 is 0.927 bits per heavy atom. The average molecular weight is 593 g/mol. The summed E-state index contributed by atoms with van der Waals surface area (Å²) in [6.07, 6.45) is 1.06. The fourth-order valence-corrected chi connectivity index (χ4v) is 6.18. The molecule has 0 bridgehead atoms. The summed E-state index contributed by atoms with van der Waals surface area (Å²) in [5.74, 6) is -0.284. The fraction of sp³-hybridized carbons (Fsp3) is 0.194. The van der Waals surface area contributed by atoms with Gasteiger partial charge in [0.1, 0.15) is 11.6 Å². The van der Waals surface area contributed by atoms with Gasteiger partial charge in [-0.15, -0.1) is 0 Å². The molecule has 5 rings (SSSR count). The van der Waals surface area contributed by atoms with Crippen LogP contribution >= 0.6 is 19.8 Å². The molecule has 0 saturated carbocycles. The molecule has 0 spiro atoms. The predicted octanol–water partition coefficient (Wildman–Crippen LogP) is 5.71. The standard InChI is InChI=1S/C31H30FN2O5PS/c32-23-14-9-21(10-15-23)28(35)8-4-7-27-30(34(31(41)33-27)24-5-2-1-3-6-24)26-18-13-22(19-29(26)36)20-11-16-25(17-12-20)40(37,38)39/h1-3,5-6,9-19,27-28,30,35-36H,4,7-8H2,(H,33,41)(H2,37,38,39)/t27-,28-,30-/m1/s1. The van der Waals surface area contributed by atoms with Crippen molar-refractivity contribution in [3.8, 4) is 16.9 Å². The van der Waals surface area contributed by atoms with E-state index in [1.54, 1.807) is 30.3 Å². The van der Waals surface area contributed by atoms with E-state index in [-0.39, 0.29) is 29.0 Å². The summed E-state index contributed by atoms with van der Waals surface area (Å²) < 4.78 is 24.8. The number of aliphatic hydroxyl groups excluding tert-OH is 1. The van der Waals surface area contributed by atoms with Gasteiger partial charge in [-0.05, 0) is 90.6 Å². The molecular weight excluding hydrogens is 562 g/mol. The topological polar surface area (TPSA) is 113 Å². The van der Waals surface area contributed by atoms with Gasteiger partial charge in [-0.1, -0.05) is 54.6 Å². The minimum atomic E-state index is -4.35. The second kappa shape index (κ2) is 12.1. The highest BCUT2D eigenvalue weighted by atomic mass is 32.1. The summed E-state index contributed by atoms with van der Waals surface area (Å²) in [7, 11) is -4.35. The van der Waals surface area contributed by atoms with E-state index in [9.17, 15) is 29.0 Å². The molecule has 0 amide bonds. The van der Waals surface area contributed by atoms with Gasteiger partial charge >= 0.3 is 7.60 Å². The SMILES string of the molecule is O=P(O)(O)c1ccc(-c2ccc([C@@H]3[C@@H](CCC[C@@H](O)c4ccc(F)cc4)NC(=S)N3c3ccccc3)c(O)c2)cc1.